The first-order chi connectivity index (χ1) is 9.56. The summed E-state index contributed by atoms with van der Waals surface area (Å²) < 4.78 is 0. The van der Waals surface area contributed by atoms with Crippen LogP contribution in [0, 0.1) is 0 Å². The van der Waals surface area contributed by atoms with Crippen molar-refractivity contribution >= 4 is 17.3 Å². The number of aromatic carboxylic acids is 1. The number of carboxylic acids is 1. The van der Waals surface area contributed by atoms with Gasteiger partial charge in [-0.2, -0.15) is 0 Å². The van der Waals surface area contributed by atoms with Crippen molar-refractivity contribution in [3.05, 3.63) is 59.7 Å². The summed E-state index contributed by atoms with van der Waals surface area (Å²) >= 11 is 0. The second-order valence-electron chi connectivity index (χ2n) is 4.78. The number of benzene rings is 2. The minimum atomic E-state index is -1.16. The summed E-state index contributed by atoms with van der Waals surface area (Å²) in [5.41, 5.74) is 3.39. The zero-order chi connectivity index (χ0) is 14.5. The molecule has 2 aromatic rings. The van der Waals surface area contributed by atoms with Gasteiger partial charge in [0.1, 0.15) is 0 Å². The zero-order valence-electron chi connectivity index (χ0n) is 11.6. The van der Waals surface area contributed by atoms with Gasteiger partial charge in [0.2, 0.25) is 0 Å². The molecule has 0 radical (unpaired) electrons. The molecule has 0 atom stereocenters. The quantitative estimate of drug-likeness (QED) is 0.898. The molecule has 0 unspecified atom stereocenters. The van der Waals surface area contributed by atoms with E-state index in [0.717, 1.165) is 11.4 Å². The van der Waals surface area contributed by atoms with Gasteiger partial charge in [0, 0.05) is 32.0 Å². The number of carbonyl (C=O) groups excluding carboxylic acids is 1. The third-order valence-electron chi connectivity index (χ3n) is 3.07. The Hall–Kier alpha value is -2.49. The van der Waals surface area contributed by atoms with Gasteiger partial charge in [0.15, 0.2) is 0 Å². The topological polar surface area (TPSA) is 55.4 Å². The lowest BCUT2D eigenvalue weighted by molar-refractivity contribution is -0.255. The van der Waals surface area contributed by atoms with Crippen LogP contribution < -0.4 is 15.3 Å². The Morgan fingerprint density at radius 1 is 1.05 bits per heavy atom. The number of hydrogen-bond donors (Lipinski definition) is 1. The lowest BCUT2D eigenvalue weighted by Gasteiger charge is -2.13. The Balaban J connectivity index is 1.96. The number of nitrogens with zero attached hydrogens (tertiary/aromatic N) is 1. The molecule has 0 amide bonds. The Kier molecular flexibility index (Phi) is 4.25. The maximum Gasteiger partial charge on any atom is 0.0715 e. The second-order valence-corrected chi connectivity index (χ2v) is 4.78. The van der Waals surface area contributed by atoms with E-state index in [-0.39, 0.29) is 5.56 Å². The lowest BCUT2D eigenvalue weighted by Crippen LogP contribution is -2.21. The maximum atomic E-state index is 10.6. The van der Waals surface area contributed by atoms with Crippen LogP contribution in [0.5, 0.6) is 0 Å². The van der Waals surface area contributed by atoms with Gasteiger partial charge in [0.05, 0.1) is 5.97 Å². The SMILES string of the molecule is CN(C)c1ccc(CNc2ccc(C(=O)[O-])cc2)cc1. The summed E-state index contributed by atoms with van der Waals surface area (Å²) in [5, 5.41) is 13.9. The van der Waals surface area contributed by atoms with Crippen LogP contribution in [-0.4, -0.2) is 20.1 Å². The number of anilines is 2. The molecule has 2 rings (SSSR count). The number of nitrogens with one attached hydrogen (secondary N) is 1. The van der Waals surface area contributed by atoms with Crippen LogP contribution in [0.1, 0.15) is 15.9 Å². The summed E-state index contributed by atoms with van der Waals surface area (Å²) in [4.78, 5) is 12.7. The maximum absolute atomic E-state index is 10.6. The third kappa shape index (κ3) is 3.51. The van der Waals surface area contributed by atoms with Crippen LogP contribution in [0.25, 0.3) is 0 Å². The summed E-state index contributed by atoms with van der Waals surface area (Å²) in [7, 11) is 4.01. The van der Waals surface area contributed by atoms with Gasteiger partial charge < -0.3 is 20.1 Å². The molecule has 0 aliphatic carbocycles. The van der Waals surface area contributed by atoms with E-state index in [1.165, 1.54) is 17.7 Å². The van der Waals surface area contributed by atoms with Crippen LogP contribution in [0.4, 0.5) is 11.4 Å². The molecule has 0 heterocycles. The smallest absolute Gasteiger partial charge is 0.0715 e. The molecule has 0 spiro atoms. The zero-order valence-corrected chi connectivity index (χ0v) is 11.6. The molecule has 104 valence electrons. The van der Waals surface area contributed by atoms with Crippen molar-refractivity contribution in [3.8, 4) is 0 Å². The minimum Gasteiger partial charge on any atom is -0.545 e. The molecule has 20 heavy (non-hydrogen) atoms. The van der Waals surface area contributed by atoms with Crippen LogP contribution in [0.15, 0.2) is 48.5 Å². The number of carbonyl (C=O) groups is 1. The first-order valence-electron chi connectivity index (χ1n) is 6.38. The van der Waals surface area contributed by atoms with E-state index >= 15 is 0 Å². The van der Waals surface area contributed by atoms with E-state index in [1.54, 1.807) is 12.1 Å². The molecular formula is C16H17N2O2-. The average molecular weight is 269 g/mol. The Morgan fingerprint density at radius 2 is 1.65 bits per heavy atom. The van der Waals surface area contributed by atoms with Crippen LogP contribution >= 0.6 is 0 Å². The highest BCUT2D eigenvalue weighted by molar-refractivity contribution is 5.86. The van der Waals surface area contributed by atoms with Crippen LogP contribution in [0.2, 0.25) is 0 Å². The minimum absolute atomic E-state index is 0.186. The number of hydrogen-bond acceptors (Lipinski definition) is 4. The highest BCUT2D eigenvalue weighted by Crippen LogP contribution is 2.14. The summed E-state index contributed by atoms with van der Waals surface area (Å²) in [6.07, 6.45) is 0. The van der Waals surface area contributed by atoms with Crippen molar-refractivity contribution in [3.63, 3.8) is 0 Å². The molecule has 0 aliphatic heterocycles. The second kappa shape index (κ2) is 6.10. The molecule has 4 nitrogen and oxygen atoms in total. The third-order valence-corrected chi connectivity index (χ3v) is 3.07. The van der Waals surface area contributed by atoms with E-state index in [0.29, 0.717) is 6.54 Å². The molecule has 0 aromatic heterocycles. The summed E-state index contributed by atoms with van der Waals surface area (Å²) in [6, 6.07) is 14.8. The summed E-state index contributed by atoms with van der Waals surface area (Å²) in [5.74, 6) is -1.16. The Morgan fingerprint density at radius 3 is 2.15 bits per heavy atom. The number of carboxylic acid groups (broad SMARTS) is 1. The van der Waals surface area contributed by atoms with Gasteiger partial charge >= 0.3 is 0 Å². The van der Waals surface area contributed by atoms with Crippen molar-refractivity contribution in [1.82, 2.24) is 0 Å². The van der Waals surface area contributed by atoms with Crippen LogP contribution in [-0.2, 0) is 6.54 Å². The van der Waals surface area contributed by atoms with Crippen molar-refractivity contribution in [1.29, 1.82) is 0 Å². The predicted molar refractivity (Wildman–Crippen MR) is 78.9 cm³/mol. The molecule has 0 aliphatic rings. The van der Waals surface area contributed by atoms with Gasteiger partial charge in [-0.15, -0.1) is 0 Å². The van der Waals surface area contributed by atoms with Crippen molar-refractivity contribution in [2.45, 2.75) is 6.54 Å². The molecule has 1 N–H and O–H groups in total. The van der Waals surface area contributed by atoms with Gasteiger partial charge in [0.25, 0.3) is 0 Å². The van der Waals surface area contributed by atoms with Crippen molar-refractivity contribution < 1.29 is 9.90 Å². The molecule has 4 heteroatoms. The van der Waals surface area contributed by atoms with Gasteiger partial charge in [-0.25, -0.2) is 0 Å². The summed E-state index contributed by atoms with van der Waals surface area (Å²) in [6.45, 7) is 0.693. The fraction of sp³-hybridized carbons (Fsp3) is 0.188. The first-order valence-corrected chi connectivity index (χ1v) is 6.38. The molecule has 0 fully saturated rings. The predicted octanol–water partition coefficient (Wildman–Crippen LogP) is 1.73. The standard InChI is InChI=1S/C16H18N2O2/c1-18(2)15-9-3-12(4-10-15)11-17-14-7-5-13(6-8-14)16(19)20/h3-10,17H,11H2,1-2H3,(H,19,20)/p-1. The first kappa shape index (κ1) is 13.9. The van der Waals surface area contributed by atoms with E-state index in [9.17, 15) is 9.90 Å². The average Bonchev–Trinajstić information content (AvgIpc) is 2.46. The van der Waals surface area contributed by atoms with E-state index in [1.807, 2.05) is 14.1 Å². The molecule has 0 bridgehead atoms. The monoisotopic (exact) mass is 269 g/mol. The molecule has 0 saturated carbocycles. The van der Waals surface area contributed by atoms with E-state index in [4.69, 9.17) is 0 Å². The van der Waals surface area contributed by atoms with E-state index in [2.05, 4.69) is 34.5 Å². The van der Waals surface area contributed by atoms with Crippen molar-refractivity contribution in [2.75, 3.05) is 24.3 Å². The van der Waals surface area contributed by atoms with Gasteiger partial charge in [-0.1, -0.05) is 24.3 Å². The fourth-order valence-electron chi connectivity index (χ4n) is 1.84. The van der Waals surface area contributed by atoms with Gasteiger partial charge in [-0.05, 0) is 35.4 Å². The molecule has 0 saturated heterocycles. The molecular weight excluding hydrogens is 252 g/mol. The molecule has 2 aromatic carbocycles. The van der Waals surface area contributed by atoms with Crippen molar-refractivity contribution in [2.24, 2.45) is 0 Å². The van der Waals surface area contributed by atoms with E-state index < -0.39 is 5.97 Å². The highest BCUT2D eigenvalue weighted by Gasteiger charge is 1.98. The largest absolute Gasteiger partial charge is 0.545 e. The number of rotatable bonds is 5. The Bertz CT molecular complexity index is 574. The lowest BCUT2D eigenvalue weighted by atomic mass is 10.2. The Labute approximate surface area is 118 Å². The van der Waals surface area contributed by atoms with Crippen LogP contribution in [0.3, 0.4) is 0 Å². The fourth-order valence-corrected chi connectivity index (χ4v) is 1.84. The highest BCUT2D eigenvalue weighted by atomic mass is 16.4. The normalized spacial score (nSPS) is 10.1. The van der Waals surface area contributed by atoms with Gasteiger partial charge in [-0.3, -0.25) is 0 Å².